The highest BCUT2D eigenvalue weighted by Gasteiger charge is 2.22. The normalized spacial score (nSPS) is 11.8. The first-order valence-electron chi connectivity index (χ1n) is 6.04. The van der Waals surface area contributed by atoms with Gasteiger partial charge in [0.25, 0.3) is 10.0 Å². The van der Waals surface area contributed by atoms with Crippen molar-refractivity contribution in [2.24, 2.45) is 0 Å². The van der Waals surface area contributed by atoms with E-state index in [0.717, 1.165) is 11.3 Å². The van der Waals surface area contributed by atoms with Crippen molar-refractivity contribution in [2.45, 2.75) is 18.5 Å². The molecule has 7 heteroatoms. The summed E-state index contributed by atoms with van der Waals surface area (Å²) in [5, 5.41) is 0.103. The molecule has 0 aliphatic heterocycles. The molecule has 1 aromatic heterocycles. The highest BCUT2D eigenvalue weighted by Crippen LogP contribution is 2.17. The molecule has 0 aliphatic rings. The average molecular weight is 295 g/mol. The van der Waals surface area contributed by atoms with Gasteiger partial charge in [-0.1, -0.05) is 12.1 Å². The molecule has 2 rings (SSSR count). The van der Waals surface area contributed by atoms with Gasteiger partial charge in [0, 0.05) is 13.6 Å². The number of hydrogen-bond acceptors (Lipinski definition) is 4. The van der Waals surface area contributed by atoms with Crippen molar-refractivity contribution in [3.05, 3.63) is 41.9 Å². The van der Waals surface area contributed by atoms with Crippen molar-refractivity contribution in [2.75, 3.05) is 14.2 Å². The number of H-pyrrole nitrogens is 1. The third-order valence-corrected chi connectivity index (χ3v) is 4.65. The van der Waals surface area contributed by atoms with Gasteiger partial charge in [0.15, 0.2) is 5.03 Å². The number of nitrogens with zero attached hydrogens (tertiary/aromatic N) is 2. The molecule has 20 heavy (non-hydrogen) atoms. The Hall–Kier alpha value is -1.86. The van der Waals surface area contributed by atoms with E-state index in [1.165, 1.54) is 17.5 Å². The number of aryl methyl sites for hydroxylation is 1. The van der Waals surface area contributed by atoms with Crippen molar-refractivity contribution in [3.63, 3.8) is 0 Å². The fraction of sp³-hybridized carbons (Fsp3) is 0.308. The Labute approximate surface area is 118 Å². The second-order valence-electron chi connectivity index (χ2n) is 4.44. The fourth-order valence-corrected chi connectivity index (χ4v) is 2.89. The van der Waals surface area contributed by atoms with Gasteiger partial charge in [-0.15, -0.1) is 0 Å². The zero-order chi connectivity index (χ0) is 14.8. The second kappa shape index (κ2) is 5.64. The number of aromatic nitrogens is 2. The van der Waals surface area contributed by atoms with Crippen LogP contribution in [0.5, 0.6) is 5.75 Å². The van der Waals surface area contributed by atoms with Crippen LogP contribution in [0.4, 0.5) is 0 Å². The van der Waals surface area contributed by atoms with Gasteiger partial charge in [-0.05, 0) is 24.6 Å². The number of ether oxygens (including phenoxy) is 1. The molecular weight excluding hydrogens is 278 g/mol. The third kappa shape index (κ3) is 3.00. The van der Waals surface area contributed by atoms with E-state index in [0.29, 0.717) is 5.82 Å². The highest BCUT2D eigenvalue weighted by molar-refractivity contribution is 7.89. The summed E-state index contributed by atoms with van der Waals surface area (Å²) in [6.45, 7) is 1.99. The van der Waals surface area contributed by atoms with E-state index in [2.05, 4.69) is 9.97 Å². The maximum atomic E-state index is 12.3. The van der Waals surface area contributed by atoms with Gasteiger partial charge in [0.1, 0.15) is 11.6 Å². The van der Waals surface area contributed by atoms with Gasteiger partial charge in [0.05, 0.1) is 13.3 Å². The third-order valence-electron chi connectivity index (χ3n) is 2.93. The number of sulfonamides is 1. The molecule has 1 N–H and O–H groups in total. The van der Waals surface area contributed by atoms with Crippen molar-refractivity contribution in [1.82, 2.24) is 14.3 Å². The Bertz CT molecular complexity index is 677. The SMILES string of the molecule is COc1ccc(CN(C)S(=O)(=O)c2cnc(C)[nH]2)cc1. The Balaban J connectivity index is 2.16. The maximum Gasteiger partial charge on any atom is 0.260 e. The summed E-state index contributed by atoms with van der Waals surface area (Å²) in [5.74, 6) is 1.31. The molecule has 0 radical (unpaired) electrons. The molecule has 1 aromatic carbocycles. The lowest BCUT2D eigenvalue weighted by atomic mass is 10.2. The van der Waals surface area contributed by atoms with Crippen LogP contribution >= 0.6 is 0 Å². The molecule has 0 bridgehead atoms. The molecule has 0 unspecified atom stereocenters. The maximum absolute atomic E-state index is 12.3. The topological polar surface area (TPSA) is 75.3 Å². The summed E-state index contributed by atoms with van der Waals surface area (Å²) in [5.41, 5.74) is 0.883. The number of imidazole rings is 1. The molecule has 0 atom stereocenters. The predicted octanol–water partition coefficient (Wildman–Crippen LogP) is 1.55. The summed E-state index contributed by atoms with van der Waals surface area (Å²) in [6, 6.07) is 7.28. The van der Waals surface area contributed by atoms with Crippen LogP contribution in [0, 0.1) is 6.92 Å². The van der Waals surface area contributed by atoms with Crippen LogP contribution in [0.1, 0.15) is 11.4 Å². The molecule has 0 saturated carbocycles. The molecule has 0 spiro atoms. The lowest BCUT2D eigenvalue weighted by molar-refractivity contribution is 0.414. The number of benzene rings is 1. The number of rotatable bonds is 5. The summed E-state index contributed by atoms with van der Waals surface area (Å²) < 4.78 is 31.0. The van der Waals surface area contributed by atoms with Gasteiger partial charge in [-0.3, -0.25) is 0 Å². The predicted molar refractivity (Wildman–Crippen MR) is 75.0 cm³/mol. The lowest BCUT2D eigenvalue weighted by Gasteiger charge is -2.16. The Morgan fingerprint density at radius 2 is 1.95 bits per heavy atom. The first-order chi connectivity index (χ1) is 9.43. The van der Waals surface area contributed by atoms with Crippen molar-refractivity contribution in [3.8, 4) is 5.75 Å². The number of hydrogen-bond donors (Lipinski definition) is 1. The van der Waals surface area contributed by atoms with Gasteiger partial charge >= 0.3 is 0 Å². The standard InChI is InChI=1S/C13H17N3O3S/c1-10-14-8-13(15-10)20(17,18)16(2)9-11-4-6-12(19-3)7-5-11/h4-8H,9H2,1-3H3,(H,14,15). The molecule has 0 saturated heterocycles. The Morgan fingerprint density at radius 1 is 1.30 bits per heavy atom. The van der Waals surface area contributed by atoms with Gasteiger partial charge in [-0.2, -0.15) is 4.31 Å². The smallest absolute Gasteiger partial charge is 0.260 e. The molecule has 0 fully saturated rings. The quantitative estimate of drug-likeness (QED) is 0.908. The van der Waals surface area contributed by atoms with Crippen molar-refractivity contribution >= 4 is 10.0 Å². The van der Waals surface area contributed by atoms with E-state index in [9.17, 15) is 8.42 Å². The van der Waals surface area contributed by atoms with Crippen molar-refractivity contribution in [1.29, 1.82) is 0 Å². The van der Waals surface area contributed by atoms with Crippen LogP contribution in [-0.4, -0.2) is 36.8 Å². The van der Waals surface area contributed by atoms with Gasteiger partial charge < -0.3 is 9.72 Å². The first kappa shape index (κ1) is 14.5. The monoisotopic (exact) mass is 295 g/mol. The highest BCUT2D eigenvalue weighted by atomic mass is 32.2. The van der Waals surface area contributed by atoms with E-state index in [1.54, 1.807) is 26.2 Å². The second-order valence-corrected chi connectivity index (χ2v) is 6.46. The molecular formula is C13H17N3O3S. The molecule has 108 valence electrons. The van der Waals surface area contributed by atoms with Crippen LogP contribution < -0.4 is 4.74 Å². The molecule has 1 heterocycles. The summed E-state index contributed by atoms with van der Waals surface area (Å²) in [4.78, 5) is 6.66. The number of nitrogens with one attached hydrogen (secondary N) is 1. The summed E-state index contributed by atoms with van der Waals surface area (Å²) >= 11 is 0. The molecule has 6 nitrogen and oxygen atoms in total. The van der Waals surface area contributed by atoms with Crippen molar-refractivity contribution < 1.29 is 13.2 Å². The Morgan fingerprint density at radius 3 is 2.45 bits per heavy atom. The lowest BCUT2D eigenvalue weighted by Crippen LogP contribution is -2.26. The van der Waals surface area contributed by atoms with Crippen LogP contribution in [0.3, 0.4) is 0 Å². The summed E-state index contributed by atoms with van der Waals surface area (Å²) in [7, 11) is -0.421. The zero-order valence-electron chi connectivity index (χ0n) is 11.6. The van der Waals surface area contributed by atoms with Crippen LogP contribution in [0.25, 0.3) is 0 Å². The zero-order valence-corrected chi connectivity index (χ0v) is 12.4. The van der Waals surface area contributed by atoms with E-state index >= 15 is 0 Å². The molecule has 0 amide bonds. The number of methoxy groups -OCH3 is 1. The van der Waals surface area contributed by atoms with E-state index < -0.39 is 10.0 Å². The largest absolute Gasteiger partial charge is 0.497 e. The summed E-state index contributed by atoms with van der Waals surface area (Å²) in [6.07, 6.45) is 1.33. The van der Waals surface area contributed by atoms with Crippen LogP contribution in [0.2, 0.25) is 0 Å². The van der Waals surface area contributed by atoms with E-state index in [-0.39, 0.29) is 11.6 Å². The minimum Gasteiger partial charge on any atom is -0.497 e. The van der Waals surface area contributed by atoms with Gasteiger partial charge in [0.2, 0.25) is 0 Å². The van der Waals surface area contributed by atoms with Crippen LogP contribution in [0.15, 0.2) is 35.5 Å². The van der Waals surface area contributed by atoms with E-state index in [1.807, 2.05) is 12.1 Å². The minimum atomic E-state index is -3.55. The first-order valence-corrected chi connectivity index (χ1v) is 7.48. The molecule has 0 aliphatic carbocycles. The van der Waals surface area contributed by atoms with E-state index in [4.69, 9.17) is 4.74 Å². The number of aromatic amines is 1. The Kier molecular flexibility index (Phi) is 4.10. The average Bonchev–Trinajstić information content (AvgIpc) is 2.87. The molecule has 2 aromatic rings. The van der Waals surface area contributed by atoms with Crippen LogP contribution in [-0.2, 0) is 16.6 Å². The van der Waals surface area contributed by atoms with Gasteiger partial charge in [-0.25, -0.2) is 13.4 Å². The minimum absolute atomic E-state index is 0.103. The fourth-order valence-electron chi connectivity index (χ4n) is 1.77.